The van der Waals surface area contributed by atoms with Crippen molar-refractivity contribution in [3.05, 3.63) is 24.3 Å². The fourth-order valence-electron chi connectivity index (χ4n) is 2.73. The quantitative estimate of drug-likeness (QED) is 0.877. The maximum atomic E-state index is 12.4. The summed E-state index contributed by atoms with van der Waals surface area (Å²) in [5, 5.41) is 3.29. The van der Waals surface area contributed by atoms with Gasteiger partial charge in [0, 0.05) is 12.2 Å². The van der Waals surface area contributed by atoms with Crippen molar-refractivity contribution in [2.45, 2.75) is 36.3 Å². The van der Waals surface area contributed by atoms with E-state index in [1.807, 2.05) is 0 Å². The molecule has 0 amide bonds. The lowest BCUT2D eigenvalue weighted by Gasteiger charge is -2.16. The lowest BCUT2D eigenvalue weighted by Crippen LogP contribution is -2.17. The third-order valence-electron chi connectivity index (χ3n) is 4.40. The number of anilines is 1. The average Bonchev–Trinajstić information content (AvgIpc) is 3.28. The van der Waals surface area contributed by atoms with Crippen LogP contribution in [0.15, 0.2) is 29.2 Å². The van der Waals surface area contributed by atoms with Crippen molar-refractivity contribution in [2.24, 2.45) is 11.3 Å². The smallest absolute Gasteiger partial charge is 0.341 e. The molecule has 6 heteroatoms. The van der Waals surface area contributed by atoms with Gasteiger partial charge in [-0.15, -0.1) is 0 Å². The van der Waals surface area contributed by atoms with Gasteiger partial charge >= 0.3 is 5.76 Å². The molecule has 2 saturated carbocycles. The number of alkyl halides is 2. The summed E-state index contributed by atoms with van der Waals surface area (Å²) in [6, 6.07) is 5.58. The van der Waals surface area contributed by atoms with Crippen molar-refractivity contribution in [3.8, 4) is 0 Å². The van der Waals surface area contributed by atoms with E-state index >= 15 is 0 Å². The normalized spacial score (nSPS) is 20.9. The van der Waals surface area contributed by atoms with Gasteiger partial charge in [0.2, 0.25) is 9.84 Å². The van der Waals surface area contributed by atoms with Crippen LogP contribution in [0.2, 0.25) is 0 Å². The topological polar surface area (TPSA) is 46.2 Å². The van der Waals surface area contributed by atoms with Crippen LogP contribution in [-0.4, -0.2) is 20.7 Å². The lowest BCUT2D eigenvalue weighted by atomic mass is 10.0. The Morgan fingerprint density at radius 2 is 1.80 bits per heavy atom. The second kappa shape index (κ2) is 4.69. The van der Waals surface area contributed by atoms with Gasteiger partial charge in [0.25, 0.3) is 0 Å². The molecule has 0 radical (unpaired) electrons. The first kappa shape index (κ1) is 13.8. The van der Waals surface area contributed by atoms with Crippen LogP contribution in [0.4, 0.5) is 14.5 Å². The van der Waals surface area contributed by atoms with E-state index in [4.69, 9.17) is 0 Å². The van der Waals surface area contributed by atoms with Crippen LogP contribution in [0, 0.1) is 11.3 Å². The Balaban J connectivity index is 1.65. The number of halogens is 2. The standard InChI is InChI=1S/C14H17F2NO2S/c15-13(16)20(18,19)12-5-3-11(4-6-12)17-9-14(7-8-14)10-1-2-10/h3-6,10,13,17H,1-2,7-9H2. The minimum absolute atomic E-state index is 0.332. The predicted molar refractivity (Wildman–Crippen MR) is 72.5 cm³/mol. The van der Waals surface area contributed by atoms with Crippen LogP contribution in [0.25, 0.3) is 0 Å². The molecule has 20 heavy (non-hydrogen) atoms. The van der Waals surface area contributed by atoms with Crippen molar-refractivity contribution in [2.75, 3.05) is 11.9 Å². The second-order valence-corrected chi connectivity index (χ2v) is 7.74. The van der Waals surface area contributed by atoms with Gasteiger partial charge in [0.15, 0.2) is 0 Å². The Morgan fingerprint density at radius 1 is 1.20 bits per heavy atom. The number of nitrogens with one attached hydrogen (secondary N) is 1. The van der Waals surface area contributed by atoms with E-state index in [0.717, 1.165) is 18.2 Å². The molecule has 0 atom stereocenters. The minimum Gasteiger partial charge on any atom is -0.384 e. The summed E-state index contributed by atoms with van der Waals surface area (Å²) in [7, 11) is -4.49. The fraction of sp³-hybridized carbons (Fsp3) is 0.571. The third-order valence-corrected chi connectivity index (χ3v) is 5.80. The first-order valence-electron chi connectivity index (χ1n) is 6.80. The molecular formula is C14H17F2NO2S. The average molecular weight is 301 g/mol. The van der Waals surface area contributed by atoms with Crippen LogP contribution in [0.3, 0.4) is 0 Å². The summed E-state index contributed by atoms with van der Waals surface area (Å²) in [5.74, 6) is -2.53. The molecule has 0 saturated heterocycles. The van der Waals surface area contributed by atoms with Crippen LogP contribution in [-0.2, 0) is 9.84 Å². The molecule has 2 aliphatic carbocycles. The van der Waals surface area contributed by atoms with Gasteiger partial charge < -0.3 is 5.32 Å². The van der Waals surface area contributed by atoms with E-state index in [9.17, 15) is 17.2 Å². The third kappa shape index (κ3) is 2.53. The molecule has 0 aromatic heterocycles. The molecule has 0 aliphatic heterocycles. The van der Waals surface area contributed by atoms with Gasteiger partial charge in [-0.3, -0.25) is 0 Å². The SMILES string of the molecule is O=S(=O)(c1ccc(NCC2(C3CC3)CC2)cc1)C(F)F. The maximum absolute atomic E-state index is 12.4. The van der Waals surface area contributed by atoms with E-state index in [1.54, 1.807) is 12.1 Å². The van der Waals surface area contributed by atoms with Crippen molar-refractivity contribution in [1.82, 2.24) is 0 Å². The molecule has 3 nitrogen and oxygen atoms in total. The lowest BCUT2D eigenvalue weighted by molar-refractivity contribution is 0.234. The number of hydrogen-bond donors (Lipinski definition) is 1. The zero-order valence-corrected chi connectivity index (χ0v) is 11.8. The highest BCUT2D eigenvalue weighted by Gasteiger charge is 2.53. The summed E-state index contributed by atoms with van der Waals surface area (Å²) in [6.45, 7) is 0.888. The summed E-state index contributed by atoms with van der Waals surface area (Å²) < 4.78 is 47.4. The highest BCUT2D eigenvalue weighted by Crippen LogP contribution is 2.61. The number of rotatable bonds is 6. The molecular weight excluding hydrogens is 284 g/mol. The Hall–Kier alpha value is -1.17. The fourth-order valence-corrected chi connectivity index (χ4v) is 3.45. The number of sulfone groups is 1. The van der Waals surface area contributed by atoms with Gasteiger partial charge in [0.05, 0.1) is 4.90 Å². The van der Waals surface area contributed by atoms with Crippen molar-refractivity contribution >= 4 is 15.5 Å². The van der Waals surface area contributed by atoms with Gasteiger partial charge in [-0.25, -0.2) is 8.42 Å². The van der Waals surface area contributed by atoms with Crippen LogP contribution < -0.4 is 5.32 Å². The summed E-state index contributed by atoms with van der Waals surface area (Å²) >= 11 is 0. The summed E-state index contributed by atoms with van der Waals surface area (Å²) in [6.07, 6.45) is 5.13. The molecule has 110 valence electrons. The Kier molecular flexibility index (Phi) is 3.23. The zero-order chi connectivity index (χ0) is 14.4. The first-order valence-corrected chi connectivity index (χ1v) is 8.35. The van der Waals surface area contributed by atoms with Crippen molar-refractivity contribution in [1.29, 1.82) is 0 Å². The maximum Gasteiger partial charge on any atom is 0.341 e. The first-order chi connectivity index (χ1) is 9.44. The predicted octanol–water partition coefficient (Wildman–Crippen LogP) is 3.29. The minimum atomic E-state index is -4.49. The molecule has 2 fully saturated rings. The van der Waals surface area contributed by atoms with Gasteiger partial charge in [-0.2, -0.15) is 8.78 Å². The zero-order valence-electron chi connectivity index (χ0n) is 11.0. The largest absolute Gasteiger partial charge is 0.384 e. The van der Waals surface area contributed by atoms with Gasteiger partial charge in [-0.1, -0.05) is 0 Å². The van der Waals surface area contributed by atoms with E-state index in [-0.39, 0.29) is 4.90 Å². The highest BCUT2D eigenvalue weighted by molar-refractivity contribution is 7.91. The second-order valence-electron chi connectivity index (χ2n) is 5.82. The van der Waals surface area contributed by atoms with Crippen molar-refractivity contribution < 1.29 is 17.2 Å². The van der Waals surface area contributed by atoms with E-state index in [1.165, 1.54) is 37.8 Å². The molecule has 0 spiro atoms. The van der Waals surface area contributed by atoms with Crippen LogP contribution >= 0.6 is 0 Å². The molecule has 0 heterocycles. The molecule has 3 rings (SSSR count). The van der Waals surface area contributed by atoms with Crippen molar-refractivity contribution in [3.63, 3.8) is 0 Å². The van der Waals surface area contributed by atoms with Gasteiger partial charge in [-0.05, 0) is 61.3 Å². The highest BCUT2D eigenvalue weighted by atomic mass is 32.2. The van der Waals surface area contributed by atoms with Gasteiger partial charge in [0.1, 0.15) is 0 Å². The van der Waals surface area contributed by atoms with Crippen LogP contribution in [0.5, 0.6) is 0 Å². The molecule has 1 aromatic carbocycles. The molecule has 1 N–H and O–H groups in total. The summed E-state index contributed by atoms with van der Waals surface area (Å²) in [4.78, 5) is -0.332. The monoisotopic (exact) mass is 301 g/mol. The number of benzene rings is 1. The molecule has 2 aliphatic rings. The van der Waals surface area contributed by atoms with E-state index in [0.29, 0.717) is 5.41 Å². The number of hydrogen-bond acceptors (Lipinski definition) is 3. The Labute approximate surface area is 117 Å². The Bertz CT molecular complexity index is 590. The summed E-state index contributed by atoms with van der Waals surface area (Å²) in [5.41, 5.74) is 1.22. The molecule has 1 aromatic rings. The van der Waals surface area contributed by atoms with Crippen LogP contribution in [0.1, 0.15) is 25.7 Å². The van der Waals surface area contributed by atoms with E-state index in [2.05, 4.69) is 5.32 Å². The van der Waals surface area contributed by atoms with E-state index < -0.39 is 15.6 Å². The molecule has 0 unspecified atom stereocenters. The molecule has 0 bridgehead atoms. The Morgan fingerprint density at radius 3 is 2.25 bits per heavy atom.